The van der Waals surface area contributed by atoms with Gasteiger partial charge in [-0.2, -0.15) is 5.10 Å². The Labute approximate surface area is 166 Å². The normalized spacial score (nSPS) is 19.4. The van der Waals surface area contributed by atoms with Crippen LogP contribution in [0.15, 0.2) is 6.07 Å². The van der Waals surface area contributed by atoms with Gasteiger partial charge in [0.2, 0.25) is 5.82 Å². The monoisotopic (exact) mass is 383 g/mol. The van der Waals surface area contributed by atoms with Gasteiger partial charge in [-0.15, -0.1) is 0 Å². The summed E-state index contributed by atoms with van der Waals surface area (Å²) in [6.45, 7) is 9.77. The van der Waals surface area contributed by atoms with Crippen LogP contribution in [0.3, 0.4) is 0 Å². The van der Waals surface area contributed by atoms with E-state index in [0.29, 0.717) is 31.5 Å². The summed E-state index contributed by atoms with van der Waals surface area (Å²) in [5.74, 6) is 1.10. The minimum atomic E-state index is -0.0993. The van der Waals surface area contributed by atoms with Gasteiger partial charge in [0.15, 0.2) is 0 Å². The summed E-state index contributed by atoms with van der Waals surface area (Å²) < 4.78 is 1.98. The molecule has 1 fully saturated rings. The molecule has 8 heteroatoms. The number of amides is 1. The van der Waals surface area contributed by atoms with Gasteiger partial charge in [0, 0.05) is 36.9 Å². The molecule has 8 nitrogen and oxygen atoms in total. The van der Waals surface area contributed by atoms with Gasteiger partial charge in [-0.3, -0.25) is 9.48 Å². The Kier molecular flexibility index (Phi) is 4.82. The van der Waals surface area contributed by atoms with E-state index >= 15 is 0 Å². The third kappa shape index (κ3) is 3.37. The first-order valence-corrected chi connectivity index (χ1v) is 9.92. The molecule has 2 aromatic heterocycles. The summed E-state index contributed by atoms with van der Waals surface area (Å²) in [4.78, 5) is 28.8. The van der Waals surface area contributed by atoms with E-state index in [4.69, 9.17) is 4.98 Å². The van der Waals surface area contributed by atoms with Crippen LogP contribution in [0.4, 0.5) is 5.82 Å². The molecule has 0 radical (unpaired) electrons. The van der Waals surface area contributed by atoms with Crippen LogP contribution in [0.5, 0.6) is 0 Å². The number of fused-ring (bicyclic) bond motifs is 1. The zero-order valence-electron chi connectivity index (χ0n) is 17.4. The summed E-state index contributed by atoms with van der Waals surface area (Å²) in [5, 5.41) is 4.47. The van der Waals surface area contributed by atoms with Crippen molar-refractivity contribution in [2.45, 2.75) is 46.3 Å². The minimum absolute atomic E-state index is 0.0993. The molecule has 0 aromatic carbocycles. The standard InChI is InChI=1S/C20H29N7O/c1-13-10-17-12-26(8-9-27(17)23-13)20(28)18-21-15(3)14(2)19(22-18)25-7-6-16(11-25)24(4)5/h10,16H,6-9,11-12H2,1-5H3/t16-/m1/s1. The average molecular weight is 384 g/mol. The number of likely N-dealkylation sites (N-methyl/N-ethyl adjacent to an activating group) is 1. The highest BCUT2D eigenvalue weighted by molar-refractivity contribution is 5.91. The summed E-state index contributed by atoms with van der Waals surface area (Å²) >= 11 is 0. The molecule has 2 aliphatic heterocycles. The molecule has 1 amide bonds. The van der Waals surface area contributed by atoms with Crippen LogP contribution in [0.25, 0.3) is 0 Å². The maximum atomic E-state index is 13.2. The van der Waals surface area contributed by atoms with Crippen molar-refractivity contribution in [2.75, 3.05) is 38.6 Å². The van der Waals surface area contributed by atoms with E-state index in [1.807, 2.05) is 36.4 Å². The number of hydrogen-bond donors (Lipinski definition) is 0. The van der Waals surface area contributed by atoms with Crippen molar-refractivity contribution in [1.82, 2.24) is 29.5 Å². The Bertz CT molecular complexity index is 904. The third-order valence-electron chi connectivity index (χ3n) is 5.96. The van der Waals surface area contributed by atoms with Crippen LogP contribution in [-0.2, 0) is 13.1 Å². The lowest BCUT2D eigenvalue weighted by atomic mass is 10.2. The molecule has 0 unspecified atom stereocenters. The van der Waals surface area contributed by atoms with E-state index in [0.717, 1.165) is 48.0 Å². The van der Waals surface area contributed by atoms with E-state index in [2.05, 4.69) is 34.0 Å². The molecule has 1 atom stereocenters. The van der Waals surface area contributed by atoms with Crippen molar-refractivity contribution in [3.63, 3.8) is 0 Å². The molecular formula is C20H29N7O. The topological polar surface area (TPSA) is 70.4 Å². The summed E-state index contributed by atoms with van der Waals surface area (Å²) in [7, 11) is 4.23. The fourth-order valence-electron chi connectivity index (χ4n) is 4.10. The molecule has 0 bridgehead atoms. The first-order chi connectivity index (χ1) is 13.3. The molecule has 0 N–H and O–H groups in total. The minimum Gasteiger partial charge on any atom is -0.355 e. The second kappa shape index (κ2) is 7.16. The predicted molar refractivity (Wildman–Crippen MR) is 108 cm³/mol. The lowest BCUT2D eigenvalue weighted by molar-refractivity contribution is 0.0693. The quantitative estimate of drug-likeness (QED) is 0.798. The molecule has 4 heterocycles. The molecule has 4 rings (SSSR count). The van der Waals surface area contributed by atoms with E-state index in [1.165, 1.54) is 0 Å². The van der Waals surface area contributed by atoms with E-state index in [9.17, 15) is 4.79 Å². The SMILES string of the molecule is Cc1cc2n(n1)CCN(C(=O)c1nc(C)c(C)c(N3CC[C@@H](N(C)C)C3)n1)C2. The van der Waals surface area contributed by atoms with Gasteiger partial charge < -0.3 is 14.7 Å². The molecule has 1 saturated heterocycles. The predicted octanol–water partition coefficient (Wildman–Crippen LogP) is 1.39. The molecule has 0 aliphatic carbocycles. The molecular weight excluding hydrogens is 354 g/mol. The Morgan fingerprint density at radius 2 is 1.93 bits per heavy atom. The lowest BCUT2D eigenvalue weighted by Gasteiger charge is -2.28. The molecule has 2 aliphatic rings. The maximum Gasteiger partial charge on any atom is 0.292 e. The third-order valence-corrected chi connectivity index (χ3v) is 5.96. The van der Waals surface area contributed by atoms with Crippen molar-refractivity contribution in [1.29, 1.82) is 0 Å². The first kappa shape index (κ1) is 18.9. The van der Waals surface area contributed by atoms with E-state index in [1.54, 1.807) is 0 Å². The highest BCUT2D eigenvalue weighted by Crippen LogP contribution is 2.26. The van der Waals surface area contributed by atoms with Gasteiger partial charge in [-0.1, -0.05) is 0 Å². The molecule has 150 valence electrons. The smallest absolute Gasteiger partial charge is 0.292 e. The zero-order valence-corrected chi connectivity index (χ0v) is 17.4. The molecule has 0 saturated carbocycles. The summed E-state index contributed by atoms with van der Waals surface area (Å²) in [6.07, 6.45) is 1.11. The number of rotatable bonds is 3. The van der Waals surface area contributed by atoms with Gasteiger partial charge in [0.25, 0.3) is 5.91 Å². The summed E-state index contributed by atoms with van der Waals surface area (Å²) in [6, 6.07) is 2.55. The van der Waals surface area contributed by atoms with Crippen LogP contribution < -0.4 is 4.90 Å². The van der Waals surface area contributed by atoms with Crippen LogP contribution in [0.2, 0.25) is 0 Å². The number of hydrogen-bond acceptors (Lipinski definition) is 6. The largest absolute Gasteiger partial charge is 0.355 e. The highest BCUT2D eigenvalue weighted by Gasteiger charge is 2.29. The van der Waals surface area contributed by atoms with Crippen molar-refractivity contribution < 1.29 is 4.79 Å². The van der Waals surface area contributed by atoms with Crippen molar-refractivity contribution in [3.05, 3.63) is 34.5 Å². The van der Waals surface area contributed by atoms with Crippen molar-refractivity contribution in [2.24, 2.45) is 0 Å². The second-order valence-corrected chi connectivity index (χ2v) is 8.16. The zero-order chi connectivity index (χ0) is 20.0. The maximum absolute atomic E-state index is 13.2. The Morgan fingerprint density at radius 3 is 2.64 bits per heavy atom. The Balaban J connectivity index is 1.58. The Morgan fingerprint density at radius 1 is 1.14 bits per heavy atom. The number of carbonyl (C=O) groups excluding carboxylic acids is 1. The fraction of sp³-hybridized carbons (Fsp3) is 0.600. The van der Waals surface area contributed by atoms with E-state index in [-0.39, 0.29) is 5.91 Å². The van der Waals surface area contributed by atoms with Crippen molar-refractivity contribution >= 4 is 11.7 Å². The molecule has 2 aromatic rings. The van der Waals surface area contributed by atoms with Gasteiger partial charge in [-0.05, 0) is 47.4 Å². The van der Waals surface area contributed by atoms with Crippen LogP contribution in [0, 0.1) is 20.8 Å². The lowest BCUT2D eigenvalue weighted by Crippen LogP contribution is -2.39. The summed E-state index contributed by atoms with van der Waals surface area (Å²) in [5.41, 5.74) is 3.98. The number of anilines is 1. The van der Waals surface area contributed by atoms with Crippen LogP contribution in [-0.4, -0.2) is 75.2 Å². The number of carbonyl (C=O) groups is 1. The second-order valence-electron chi connectivity index (χ2n) is 8.16. The van der Waals surface area contributed by atoms with Gasteiger partial charge in [-0.25, -0.2) is 9.97 Å². The van der Waals surface area contributed by atoms with Gasteiger partial charge in [0.1, 0.15) is 5.82 Å². The Hall–Kier alpha value is -2.48. The van der Waals surface area contributed by atoms with Crippen LogP contribution in [0.1, 0.15) is 39.7 Å². The highest BCUT2D eigenvalue weighted by atomic mass is 16.2. The fourth-order valence-corrected chi connectivity index (χ4v) is 4.10. The van der Waals surface area contributed by atoms with Gasteiger partial charge >= 0.3 is 0 Å². The number of aryl methyl sites for hydroxylation is 2. The molecule has 0 spiro atoms. The van der Waals surface area contributed by atoms with Crippen LogP contribution >= 0.6 is 0 Å². The van der Waals surface area contributed by atoms with E-state index < -0.39 is 0 Å². The van der Waals surface area contributed by atoms with Gasteiger partial charge in [0.05, 0.1) is 24.5 Å². The number of nitrogens with zero attached hydrogens (tertiary/aromatic N) is 7. The first-order valence-electron chi connectivity index (χ1n) is 9.92. The average Bonchev–Trinajstić information content (AvgIpc) is 3.28. The van der Waals surface area contributed by atoms with Crippen molar-refractivity contribution in [3.8, 4) is 0 Å². The number of aromatic nitrogens is 4. The molecule has 28 heavy (non-hydrogen) atoms.